The summed E-state index contributed by atoms with van der Waals surface area (Å²) in [4.78, 5) is 31.3. The lowest BCUT2D eigenvalue weighted by atomic mass is 10.0. The molecule has 0 atom stereocenters. The van der Waals surface area contributed by atoms with Crippen LogP contribution in [0.25, 0.3) is 22.3 Å². The lowest BCUT2D eigenvalue weighted by Crippen LogP contribution is -2.17. The van der Waals surface area contributed by atoms with Crippen LogP contribution in [0.5, 0.6) is 0 Å². The van der Waals surface area contributed by atoms with Crippen molar-refractivity contribution in [1.29, 1.82) is 0 Å². The van der Waals surface area contributed by atoms with Gasteiger partial charge in [-0.15, -0.1) is 0 Å². The number of ether oxygens (including phenoxy) is 1. The van der Waals surface area contributed by atoms with E-state index in [4.69, 9.17) is 16.3 Å². The first-order chi connectivity index (χ1) is 12.6. The molecule has 26 heavy (non-hydrogen) atoms. The van der Waals surface area contributed by atoms with Gasteiger partial charge in [0.15, 0.2) is 5.65 Å². The van der Waals surface area contributed by atoms with Gasteiger partial charge in [-0.25, -0.2) is 14.6 Å². The summed E-state index contributed by atoms with van der Waals surface area (Å²) in [6, 6.07) is 6.99. The molecule has 0 saturated heterocycles. The van der Waals surface area contributed by atoms with Crippen LogP contribution in [0.2, 0.25) is 5.02 Å². The van der Waals surface area contributed by atoms with Crippen LogP contribution in [0, 0.1) is 0 Å². The number of methoxy groups -OCH3 is 1. The van der Waals surface area contributed by atoms with Crippen molar-refractivity contribution in [2.45, 2.75) is 32.7 Å². The number of esters is 1. The fourth-order valence-electron chi connectivity index (χ4n) is 3.03. The van der Waals surface area contributed by atoms with Crippen LogP contribution in [-0.4, -0.2) is 27.6 Å². The number of nitrogens with one attached hydrogen (secondary N) is 1. The molecule has 0 spiro atoms. The summed E-state index contributed by atoms with van der Waals surface area (Å²) in [5.74, 6) is -0.428. The zero-order valence-electron chi connectivity index (χ0n) is 14.7. The first-order valence-electron chi connectivity index (χ1n) is 8.52. The van der Waals surface area contributed by atoms with Crippen LogP contribution in [0.1, 0.15) is 36.5 Å². The minimum Gasteiger partial charge on any atom is -0.465 e. The molecular weight excluding hydrogens is 354 g/mol. The highest BCUT2D eigenvalue weighted by Crippen LogP contribution is 2.33. The molecule has 2 aromatic heterocycles. The summed E-state index contributed by atoms with van der Waals surface area (Å²) in [7, 11) is 1.34. The van der Waals surface area contributed by atoms with Crippen molar-refractivity contribution in [3.05, 3.63) is 51.5 Å². The molecule has 0 amide bonds. The number of H-pyrrole nitrogens is 1. The predicted octanol–water partition coefficient (Wildman–Crippen LogP) is 4.02. The van der Waals surface area contributed by atoms with Gasteiger partial charge in [-0.3, -0.25) is 9.55 Å². The Morgan fingerprint density at radius 2 is 2.15 bits per heavy atom. The molecule has 2 heterocycles. The van der Waals surface area contributed by atoms with Gasteiger partial charge in [0.05, 0.1) is 23.2 Å². The number of carbonyl (C=O) groups excluding carboxylic acids is 1. The highest BCUT2D eigenvalue weighted by atomic mass is 35.5. The Morgan fingerprint density at radius 3 is 2.88 bits per heavy atom. The molecule has 6 nitrogen and oxygen atoms in total. The second-order valence-electron chi connectivity index (χ2n) is 6.04. The minimum atomic E-state index is -0.428. The van der Waals surface area contributed by atoms with Crippen molar-refractivity contribution in [3.63, 3.8) is 0 Å². The van der Waals surface area contributed by atoms with Crippen molar-refractivity contribution in [1.82, 2.24) is 14.5 Å². The number of carbonyl (C=O) groups is 1. The Morgan fingerprint density at radius 1 is 1.35 bits per heavy atom. The summed E-state index contributed by atoms with van der Waals surface area (Å²) >= 11 is 6.44. The molecule has 0 fully saturated rings. The summed E-state index contributed by atoms with van der Waals surface area (Å²) in [5, 5.41) is 0.419. The van der Waals surface area contributed by atoms with Gasteiger partial charge >= 0.3 is 11.7 Å². The third-order valence-corrected chi connectivity index (χ3v) is 4.59. The van der Waals surface area contributed by atoms with Gasteiger partial charge in [-0.2, -0.15) is 0 Å². The van der Waals surface area contributed by atoms with E-state index in [1.807, 2.05) is 6.07 Å². The van der Waals surface area contributed by atoms with Gasteiger partial charge in [0.25, 0.3) is 0 Å². The van der Waals surface area contributed by atoms with E-state index >= 15 is 0 Å². The second-order valence-corrected chi connectivity index (χ2v) is 6.45. The summed E-state index contributed by atoms with van der Waals surface area (Å²) in [5.41, 5.74) is 2.75. The molecule has 0 aliphatic rings. The zero-order valence-corrected chi connectivity index (χ0v) is 15.5. The molecule has 1 aromatic carbocycles. The number of hydrogen-bond donors (Lipinski definition) is 1. The number of aromatic amines is 1. The van der Waals surface area contributed by atoms with Crippen molar-refractivity contribution in [2.24, 2.45) is 0 Å². The van der Waals surface area contributed by atoms with Crippen LogP contribution >= 0.6 is 11.6 Å². The van der Waals surface area contributed by atoms with Gasteiger partial charge in [-0.1, -0.05) is 43.5 Å². The third kappa shape index (κ3) is 3.37. The maximum Gasteiger partial charge on any atom is 0.337 e. The molecule has 0 bridgehead atoms. The van der Waals surface area contributed by atoms with Crippen LogP contribution in [0.15, 0.2) is 35.3 Å². The number of rotatable bonds is 6. The molecule has 0 aliphatic carbocycles. The Kier molecular flexibility index (Phi) is 5.42. The van der Waals surface area contributed by atoms with Crippen LogP contribution in [0.4, 0.5) is 0 Å². The van der Waals surface area contributed by atoms with Crippen molar-refractivity contribution in [2.75, 3.05) is 7.11 Å². The molecule has 136 valence electrons. The maximum atomic E-state index is 12.4. The molecule has 3 rings (SSSR count). The first-order valence-corrected chi connectivity index (χ1v) is 8.90. The lowest BCUT2D eigenvalue weighted by molar-refractivity contribution is 0.0601. The van der Waals surface area contributed by atoms with Gasteiger partial charge < -0.3 is 4.74 Å². The van der Waals surface area contributed by atoms with Crippen molar-refractivity contribution >= 4 is 28.7 Å². The lowest BCUT2D eigenvalue weighted by Gasteiger charge is -2.11. The monoisotopic (exact) mass is 373 g/mol. The van der Waals surface area contributed by atoms with Crippen LogP contribution in [-0.2, 0) is 11.3 Å². The van der Waals surface area contributed by atoms with Gasteiger partial charge in [0.2, 0.25) is 0 Å². The number of hydrogen-bond acceptors (Lipinski definition) is 4. The van der Waals surface area contributed by atoms with Crippen molar-refractivity contribution < 1.29 is 9.53 Å². The SMILES string of the molecule is CCCCCn1c(=O)[nH]c2ncc(Cl)c(-c3cccc(C(=O)OC)c3)c21. The molecular formula is C19H20ClN3O3. The standard InChI is InChI=1S/C19H20ClN3O3/c1-3-4-5-9-23-16-15(14(20)11-21-17(16)22-19(23)25)12-7-6-8-13(10-12)18(24)26-2/h6-8,10-11H,3-5,9H2,1-2H3,(H,21,22,25). The van der Waals surface area contributed by atoms with E-state index in [1.54, 1.807) is 22.8 Å². The van der Waals surface area contributed by atoms with Crippen LogP contribution in [0.3, 0.4) is 0 Å². The first kappa shape index (κ1) is 18.2. The highest BCUT2D eigenvalue weighted by Gasteiger charge is 2.18. The van der Waals surface area contributed by atoms with Crippen molar-refractivity contribution in [3.8, 4) is 11.1 Å². The van der Waals surface area contributed by atoms with E-state index in [0.29, 0.717) is 33.9 Å². The summed E-state index contributed by atoms with van der Waals surface area (Å²) < 4.78 is 6.46. The number of fused-ring (bicyclic) bond motifs is 1. The fraction of sp³-hybridized carbons (Fsp3) is 0.316. The molecule has 0 aliphatic heterocycles. The number of halogens is 1. The zero-order chi connectivity index (χ0) is 18.7. The number of nitrogens with zero attached hydrogens (tertiary/aromatic N) is 2. The predicted molar refractivity (Wildman–Crippen MR) is 102 cm³/mol. The van der Waals surface area contributed by atoms with E-state index in [1.165, 1.54) is 13.3 Å². The van der Waals surface area contributed by atoms with Gasteiger partial charge in [0, 0.05) is 18.3 Å². The number of benzene rings is 1. The maximum absolute atomic E-state index is 12.4. The smallest absolute Gasteiger partial charge is 0.337 e. The number of unbranched alkanes of at least 4 members (excludes halogenated alkanes) is 2. The average molecular weight is 374 g/mol. The van der Waals surface area contributed by atoms with E-state index in [2.05, 4.69) is 16.9 Å². The Labute approximate surface area is 155 Å². The molecule has 3 aromatic rings. The number of pyridine rings is 1. The highest BCUT2D eigenvalue weighted by molar-refractivity contribution is 6.34. The van der Waals surface area contributed by atoms with Crippen LogP contribution < -0.4 is 5.69 Å². The van der Waals surface area contributed by atoms with Gasteiger partial charge in [0.1, 0.15) is 0 Å². The van der Waals surface area contributed by atoms with E-state index < -0.39 is 5.97 Å². The Balaban J connectivity index is 2.20. The molecule has 7 heteroatoms. The minimum absolute atomic E-state index is 0.212. The molecule has 1 N–H and O–H groups in total. The number of aryl methyl sites for hydroxylation is 1. The quantitative estimate of drug-likeness (QED) is 0.523. The molecule has 0 unspecified atom stereocenters. The normalized spacial score (nSPS) is 11.0. The molecule has 0 radical (unpaired) electrons. The van der Waals surface area contributed by atoms with E-state index in [9.17, 15) is 9.59 Å². The Bertz CT molecular complexity index is 1010. The summed E-state index contributed by atoms with van der Waals surface area (Å²) in [6.07, 6.45) is 4.48. The van der Waals surface area contributed by atoms with E-state index in [-0.39, 0.29) is 5.69 Å². The van der Waals surface area contributed by atoms with Gasteiger partial charge in [-0.05, 0) is 24.1 Å². The number of aromatic nitrogens is 3. The Hall–Kier alpha value is -2.60. The average Bonchev–Trinajstić information content (AvgIpc) is 2.97. The largest absolute Gasteiger partial charge is 0.465 e. The molecule has 0 saturated carbocycles. The topological polar surface area (TPSA) is 77.0 Å². The fourth-order valence-corrected chi connectivity index (χ4v) is 3.28. The second kappa shape index (κ2) is 7.74. The number of imidazole rings is 1. The third-order valence-electron chi connectivity index (χ3n) is 4.30. The van der Waals surface area contributed by atoms with E-state index in [0.717, 1.165) is 24.8 Å². The summed E-state index contributed by atoms with van der Waals surface area (Å²) in [6.45, 7) is 2.69.